The van der Waals surface area contributed by atoms with Crippen molar-refractivity contribution in [3.05, 3.63) is 77.5 Å². The highest BCUT2D eigenvalue weighted by Crippen LogP contribution is 2.28. The molecule has 2 aromatic carbocycles. The number of nitriles is 1. The second kappa shape index (κ2) is 8.89. The molecule has 3 N–H and O–H groups in total. The van der Waals surface area contributed by atoms with Gasteiger partial charge >= 0.3 is 0 Å². The number of aryl methyl sites for hydroxylation is 1. The number of benzene rings is 2. The molecule has 1 atom stereocenters. The van der Waals surface area contributed by atoms with Gasteiger partial charge in [0.1, 0.15) is 17.3 Å². The molecule has 1 heterocycles. The third-order valence-electron chi connectivity index (χ3n) is 4.55. The van der Waals surface area contributed by atoms with Gasteiger partial charge < -0.3 is 15.8 Å². The summed E-state index contributed by atoms with van der Waals surface area (Å²) in [6.07, 6.45) is 2.24. The number of anilines is 2. The molecule has 6 nitrogen and oxygen atoms in total. The quantitative estimate of drug-likeness (QED) is 0.618. The molecule has 0 bridgehead atoms. The first-order chi connectivity index (χ1) is 14.0. The first kappa shape index (κ1) is 19.9. The van der Waals surface area contributed by atoms with E-state index in [0.29, 0.717) is 35.0 Å². The van der Waals surface area contributed by atoms with Gasteiger partial charge in [0.15, 0.2) is 0 Å². The lowest BCUT2D eigenvalue weighted by Gasteiger charge is -2.12. The summed E-state index contributed by atoms with van der Waals surface area (Å²) in [4.78, 5) is 16.7. The van der Waals surface area contributed by atoms with Gasteiger partial charge in [0, 0.05) is 17.3 Å². The van der Waals surface area contributed by atoms with Crippen molar-refractivity contribution in [1.29, 1.82) is 5.26 Å². The van der Waals surface area contributed by atoms with E-state index in [2.05, 4.69) is 16.4 Å². The largest absolute Gasteiger partial charge is 0.455 e. The third-order valence-corrected chi connectivity index (χ3v) is 4.55. The number of aromatic nitrogens is 1. The Labute approximate surface area is 170 Å². The second-order valence-electron chi connectivity index (χ2n) is 6.67. The third kappa shape index (κ3) is 4.90. The van der Waals surface area contributed by atoms with Crippen LogP contribution in [-0.4, -0.2) is 10.9 Å². The fourth-order valence-corrected chi connectivity index (χ4v) is 2.87. The Morgan fingerprint density at radius 3 is 2.76 bits per heavy atom. The monoisotopic (exact) mass is 386 g/mol. The number of carbonyl (C=O) groups is 1. The highest BCUT2D eigenvalue weighted by Gasteiger charge is 2.13. The first-order valence-corrected chi connectivity index (χ1v) is 9.31. The molecule has 6 heteroatoms. The predicted octanol–water partition coefficient (Wildman–Crippen LogP) is 5.03. The van der Waals surface area contributed by atoms with E-state index in [1.54, 1.807) is 42.6 Å². The molecule has 146 valence electrons. The maximum atomic E-state index is 12.7. The lowest BCUT2D eigenvalue weighted by molar-refractivity contribution is 0.102. The van der Waals surface area contributed by atoms with E-state index in [1.165, 1.54) is 0 Å². The standard InChI is InChI=1S/C23H22N4O2/c1-3-16(13-24)17-5-4-6-18(11-17)23(28)27-19-8-7-15(2)21(12-19)29-20-9-10-22(25)26-14-20/h4-12,14,16H,3H2,1-2H3,(H2,25,26)(H,27,28). The van der Waals surface area contributed by atoms with Gasteiger partial charge in [-0.15, -0.1) is 0 Å². The van der Waals surface area contributed by atoms with Crippen LogP contribution in [0.1, 0.15) is 40.7 Å². The van der Waals surface area contributed by atoms with Gasteiger partial charge in [-0.2, -0.15) is 5.26 Å². The number of nitrogens with two attached hydrogens (primary N) is 1. The van der Waals surface area contributed by atoms with E-state index in [0.717, 1.165) is 11.1 Å². The molecule has 0 aliphatic carbocycles. The zero-order valence-electron chi connectivity index (χ0n) is 16.3. The fraction of sp³-hybridized carbons (Fsp3) is 0.174. The molecule has 0 aliphatic heterocycles. The molecule has 3 rings (SSSR count). The number of pyridine rings is 1. The van der Waals surface area contributed by atoms with Crippen molar-refractivity contribution in [2.75, 3.05) is 11.1 Å². The summed E-state index contributed by atoms with van der Waals surface area (Å²) in [5, 5.41) is 12.1. The van der Waals surface area contributed by atoms with Crippen molar-refractivity contribution in [2.24, 2.45) is 0 Å². The maximum absolute atomic E-state index is 12.7. The zero-order chi connectivity index (χ0) is 20.8. The van der Waals surface area contributed by atoms with Crippen molar-refractivity contribution in [2.45, 2.75) is 26.2 Å². The molecule has 1 aromatic heterocycles. The highest BCUT2D eigenvalue weighted by atomic mass is 16.5. The van der Waals surface area contributed by atoms with Gasteiger partial charge in [0.25, 0.3) is 5.91 Å². The average molecular weight is 386 g/mol. The Balaban J connectivity index is 1.78. The van der Waals surface area contributed by atoms with Crippen LogP contribution in [0.4, 0.5) is 11.5 Å². The van der Waals surface area contributed by atoms with E-state index >= 15 is 0 Å². The van der Waals surface area contributed by atoms with E-state index in [9.17, 15) is 10.1 Å². The van der Waals surface area contributed by atoms with E-state index in [4.69, 9.17) is 10.5 Å². The summed E-state index contributed by atoms with van der Waals surface area (Å²) in [6, 6.07) is 18.3. The van der Waals surface area contributed by atoms with Crippen LogP contribution >= 0.6 is 0 Å². The number of rotatable bonds is 6. The molecule has 1 unspecified atom stereocenters. The average Bonchev–Trinajstić information content (AvgIpc) is 2.73. The summed E-state index contributed by atoms with van der Waals surface area (Å²) in [7, 11) is 0. The van der Waals surface area contributed by atoms with Crippen molar-refractivity contribution in [3.63, 3.8) is 0 Å². The lowest BCUT2D eigenvalue weighted by Crippen LogP contribution is -2.12. The van der Waals surface area contributed by atoms with E-state index < -0.39 is 0 Å². The molecule has 1 amide bonds. The van der Waals surface area contributed by atoms with Crippen LogP contribution < -0.4 is 15.8 Å². The van der Waals surface area contributed by atoms with E-state index in [1.807, 2.05) is 32.0 Å². The van der Waals surface area contributed by atoms with Gasteiger partial charge in [-0.05, 0) is 54.8 Å². The van der Waals surface area contributed by atoms with Crippen LogP contribution in [0.15, 0.2) is 60.8 Å². The van der Waals surface area contributed by atoms with Crippen LogP contribution in [0.5, 0.6) is 11.5 Å². The lowest BCUT2D eigenvalue weighted by atomic mass is 9.96. The molecular weight excluding hydrogens is 364 g/mol. The minimum absolute atomic E-state index is 0.226. The molecule has 29 heavy (non-hydrogen) atoms. The van der Waals surface area contributed by atoms with Crippen molar-refractivity contribution >= 4 is 17.4 Å². The summed E-state index contributed by atoms with van der Waals surface area (Å²) in [5.74, 6) is 1.11. The topological polar surface area (TPSA) is 101 Å². The Kier molecular flexibility index (Phi) is 6.10. The minimum Gasteiger partial charge on any atom is -0.455 e. The molecule has 0 radical (unpaired) electrons. The van der Waals surface area contributed by atoms with Crippen molar-refractivity contribution in [3.8, 4) is 17.6 Å². The zero-order valence-corrected chi connectivity index (χ0v) is 16.3. The van der Waals surface area contributed by atoms with Gasteiger partial charge in [0.05, 0.1) is 18.2 Å². The van der Waals surface area contributed by atoms with Crippen molar-refractivity contribution in [1.82, 2.24) is 4.98 Å². The number of hydrogen-bond acceptors (Lipinski definition) is 5. The molecule has 3 aromatic rings. The smallest absolute Gasteiger partial charge is 0.255 e. The number of carbonyl (C=O) groups excluding carboxylic acids is 1. The number of nitrogen functional groups attached to an aromatic ring is 1. The fourth-order valence-electron chi connectivity index (χ4n) is 2.87. The minimum atomic E-state index is -0.247. The summed E-state index contributed by atoms with van der Waals surface area (Å²) in [6.45, 7) is 3.87. The second-order valence-corrected chi connectivity index (χ2v) is 6.67. The van der Waals surface area contributed by atoms with Crippen molar-refractivity contribution < 1.29 is 9.53 Å². The van der Waals surface area contributed by atoms with Crippen LogP contribution in [0.2, 0.25) is 0 Å². The Bertz CT molecular complexity index is 1060. The normalized spacial score (nSPS) is 11.3. The SMILES string of the molecule is CCC(C#N)c1cccc(C(=O)Nc2ccc(C)c(Oc3ccc(N)nc3)c2)c1. The molecule has 0 saturated heterocycles. The number of ether oxygens (including phenoxy) is 1. The van der Waals surface area contributed by atoms with Gasteiger partial charge in [-0.3, -0.25) is 4.79 Å². The summed E-state index contributed by atoms with van der Waals surface area (Å²) in [5.41, 5.74) is 8.47. The summed E-state index contributed by atoms with van der Waals surface area (Å²) >= 11 is 0. The molecular formula is C23H22N4O2. The van der Waals surface area contributed by atoms with Gasteiger partial charge in [0.2, 0.25) is 0 Å². The first-order valence-electron chi connectivity index (χ1n) is 9.31. The Morgan fingerprint density at radius 1 is 1.24 bits per heavy atom. The molecule has 0 aliphatic rings. The predicted molar refractivity (Wildman–Crippen MR) is 113 cm³/mol. The Hall–Kier alpha value is -3.85. The van der Waals surface area contributed by atoms with Crippen LogP contribution in [-0.2, 0) is 0 Å². The van der Waals surface area contributed by atoms with Crippen LogP contribution in [0, 0.1) is 18.3 Å². The molecule has 0 saturated carbocycles. The number of hydrogen-bond donors (Lipinski definition) is 2. The maximum Gasteiger partial charge on any atom is 0.255 e. The molecule has 0 fully saturated rings. The van der Waals surface area contributed by atoms with Gasteiger partial charge in [-0.1, -0.05) is 25.1 Å². The summed E-state index contributed by atoms with van der Waals surface area (Å²) < 4.78 is 5.87. The highest BCUT2D eigenvalue weighted by molar-refractivity contribution is 6.04. The Morgan fingerprint density at radius 2 is 2.07 bits per heavy atom. The van der Waals surface area contributed by atoms with Crippen LogP contribution in [0.25, 0.3) is 0 Å². The number of nitrogens with zero attached hydrogens (tertiary/aromatic N) is 2. The number of amides is 1. The van der Waals surface area contributed by atoms with Crippen LogP contribution in [0.3, 0.4) is 0 Å². The number of nitrogens with one attached hydrogen (secondary N) is 1. The molecule has 0 spiro atoms. The van der Waals surface area contributed by atoms with E-state index in [-0.39, 0.29) is 11.8 Å². The van der Waals surface area contributed by atoms with Gasteiger partial charge in [-0.25, -0.2) is 4.98 Å².